The van der Waals surface area contributed by atoms with Crippen LogP contribution >= 0.6 is 0 Å². The van der Waals surface area contributed by atoms with Gasteiger partial charge in [-0.15, -0.1) is 0 Å². The van der Waals surface area contributed by atoms with E-state index in [1.165, 1.54) is 11.3 Å². The van der Waals surface area contributed by atoms with E-state index in [4.69, 9.17) is 0 Å². The van der Waals surface area contributed by atoms with Crippen LogP contribution in [-0.2, 0) is 14.4 Å². The SMILES string of the molecule is O=C1CN(C(=O)C2C3CCCC32)CC(=O)N1. The molecule has 0 radical (unpaired) electrons. The summed E-state index contributed by atoms with van der Waals surface area (Å²) in [7, 11) is 0. The van der Waals surface area contributed by atoms with Crippen LogP contribution in [0.3, 0.4) is 0 Å². The van der Waals surface area contributed by atoms with Gasteiger partial charge in [0.25, 0.3) is 0 Å². The molecule has 5 heteroatoms. The van der Waals surface area contributed by atoms with Crippen molar-refractivity contribution in [2.75, 3.05) is 13.1 Å². The molecule has 2 atom stereocenters. The number of hydrogen-bond acceptors (Lipinski definition) is 3. The van der Waals surface area contributed by atoms with Crippen molar-refractivity contribution in [1.29, 1.82) is 0 Å². The average molecular weight is 222 g/mol. The average Bonchev–Trinajstić information content (AvgIpc) is 2.68. The Balaban J connectivity index is 1.67. The van der Waals surface area contributed by atoms with Gasteiger partial charge in [0.2, 0.25) is 17.7 Å². The third-order valence-electron chi connectivity index (χ3n) is 3.95. The molecule has 3 fully saturated rings. The molecule has 2 unspecified atom stereocenters. The van der Waals surface area contributed by atoms with Crippen LogP contribution in [0.15, 0.2) is 0 Å². The number of piperazine rings is 1. The first-order valence-corrected chi connectivity index (χ1v) is 5.78. The first-order chi connectivity index (χ1) is 7.66. The van der Waals surface area contributed by atoms with E-state index in [0.29, 0.717) is 11.8 Å². The van der Waals surface area contributed by atoms with Gasteiger partial charge in [-0.3, -0.25) is 19.7 Å². The van der Waals surface area contributed by atoms with Gasteiger partial charge in [0.05, 0.1) is 0 Å². The van der Waals surface area contributed by atoms with Gasteiger partial charge in [0, 0.05) is 5.92 Å². The van der Waals surface area contributed by atoms with Crippen molar-refractivity contribution < 1.29 is 14.4 Å². The summed E-state index contributed by atoms with van der Waals surface area (Å²) in [6.45, 7) is 0.0844. The first-order valence-electron chi connectivity index (χ1n) is 5.78. The summed E-state index contributed by atoms with van der Waals surface area (Å²) >= 11 is 0. The van der Waals surface area contributed by atoms with Gasteiger partial charge in [0.1, 0.15) is 13.1 Å². The third kappa shape index (κ3) is 1.42. The maximum Gasteiger partial charge on any atom is 0.246 e. The Hall–Kier alpha value is -1.39. The van der Waals surface area contributed by atoms with Crippen LogP contribution in [0.5, 0.6) is 0 Å². The van der Waals surface area contributed by atoms with E-state index in [1.54, 1.807) is 0 Å². The van der Waals surface area contributed by atoms with Crippen LogP contribution < -0.4 is 5.32 Å². The molecular weight excluding hydrogens is 208 g/mol. The van der Waals surface area contributed by atoms with Gasteiger partial charge < -0.3 is 4.90 Å². The summed E-state index contributed by atoms with van der Waals surface area (Å²) in [5.74, 6) is 0.455. The van der Waals surface area contributed by atoms with Gasteiger partial charge >= 0.3 is 0 Å². The third-order valence-corrected chi connectivity index (χ3v) is 3.95. The van der Waals surface area contributed by atoms with E-state index in [-0.39, 0.29) is 36.7 Å². The fourth-order valence-corrected chi connectivity index (χ4v) is 3.19. The molecule has 1 saturated heterocycles. The van der Waals surface area contributed by atoms with E-state index >= 15 is 0 Å². The van der Waals surface area contributed by atoms with E-state index in [0.717, 1.165) is 12.8 Å². The van der Waals surface area contributed by atoms with E-state index < -0.39 is 0 Å². The number of carbonyl (C=O) groups excluding carboxylic acids is 3. The van der Waals surface area contributed by atoms with E-state index in [1.807, 2.05) is 0 Å². The molecule has 3 rings (SSSR count). The van der Waals surface area contributed by atoms with Gasteiger partial charge in [-0.1, -0.05) is 6.42 Å². The number of carbonyl (C=O) groups is 3. The van der Waals surface area contributed by atoms with Crippen molar-refractivity contribution in [2.45, 2.75) is 19.3 Å². The molecule has 0 aromatic carbocycles. The second-order valence-corrected chi connectivity index (χ2v) is 4.95. The Bertz CT molecular complexity index is 353. The highest BCUT2D eigenvalue weighted by Crippen LogP contribution is 2.58. The highest BCUT2D eigenvalue weighted by atomic mass is 16.2. The highest BCUT2D eigenvalue weighted by molar-refractivity contribution is 6.03. The Labute approximate surface area is 93.2 Å². The van der Waals surface area contributed by atoms with Gasteiger partial charge in [-0.05, 0) is 24.7 Å². The highest BCUT2D eigenvalue weighted by Gasteiger charge is 2.57. The molecule has 0 bridgehead atoms. The van der Waals surface area contributed by atoms with Gasteiger partial charge in [-0.2, -0.15) is 0 Å². The number of rotatable bonds is 1. The zero-order valence-electron chi connectivity index (χ0n) is 8.94. The minimum atomic E-state index is -0.365. The monoisotopic (exact) mass is 222 g/mol. The molecule has 16 heavy (non-hydrogen) atoms. The Morgan fingerprint density at radius 3 is 2.25 bits per heavy atom. The summed E-state index contributed by atoms with van der Waals surface area (Å²) in [6, 6.07) is 0. The van der Waals surface area contributed by atoms with Crippen LogP contribution in [0.4, 0.5) is 0 Å². The molecule has 3 aliphatic rings. The summed E-state index contributed by atoms with van der Waals surface area (Å²) in [5.41, 5.74) is 0. The predicted octanol–water partition coefficient (Wildman–Crippen LogP) is -0.482. The Kier molecular flexibility index (Phi) is 2.02. The largest absolute Gasteiger partial charge is 0.324 e. The zero-order chi connectivity index (χ0) is 11.3. The van der Waals surface area contributed by atoms with E-state index in [2.05, 4.69) is 5.32 Å². The second-order valence-electron chi connectivity index (χ2n) is 4.95. The molecular formula is C11H14N2O3. The fourth-order valence-electron chi connectivity index (χ4n) is 3.19. The van der Waals surface area contributed by atoms with Crippen LogP contribution in [0.2, 0.25) is 0 Å². The normalized spacial score (nSPS) is 37.0. The summed E-state index contributed by atoms with van der Waals surface area (Å²) < 4.78 is 0. The quantitative estimate of drug-likeness (QED) is 0.609. The first kappa shape index (κ1) is 9.81. The standard InChI is InChI=1S/C11H14N2O3/c14-8-4-13(5-9(15)12-8)11(16)10-6-2-1-3-7(6)10/h6-7,10H,1-5H2,(H,12,14,15). The molecule has 1 aliphatic heterocycles. The predicted molar refractivity (Wildman–Crippen MR) is 54.1 cm³/mol. The Morgan fingerprint density at radius 2 is 1.69 bits per heavy atom. The number of nitrogens with zero attached hydrogens (tertiary/aromatic N) is 1. The van der Waals surface area contributed by atoms with Gasteiger partial charge in [0.15, 0.2) is 0 Å². The summed E-state index contributed by atoms with van der Waals surface area (Å²) in [5, 5.41) is 2.20. The number of hydrogen-bond donors (Lipinski definition) is 1. The maximum atomic E-state index is 12.1. The van der Waals surface area contributed by atoms with Crippen molar-refractivity contribution >= 4 is 17.7 Å². The van der Waals surface area contributed by atoms with Crippen molar-refractivity contribution in [1.82, 2.24) is 10.2 Å². The molecule has 86 valence electrons. The Morgan fingerprint density at radius 1 is 1.12 bits per heavy atom. The minimum absolute atomic E-state index is 0.0119. The number of amides is 3. The topological polar surface area (TPSA) is 66.5 Å². The smallest absolute Gasteiger partial charge is 0.246 e. The van der Waals surface area contributed by atoms with Crippen molar-refractivity contribution in [2.24, 2.45) is 17.8 Å². The lowest BCUT2D eigenvalue weighted by atomic mass is 10.1. The van der Waals surface area contributed by atoms with E-state index in [9.17, 15) is 14.4 Å². The van der Waals surface area contributed by atoms with Crippen molar-refractivity contribution in [3.63, 3.8) is 0 Å². The molecule has 0 spiro atoms. The molecule has 1 heterocycles. The van der Waals surface area contributed by atoms with Gasteiger partial charge in [-0.25, -0.2) is 0 Å². The molecule has 2 aliphatic carbocycles. The van der Waals surface area contributed by atoms with Crippen LogP contribution in [0, 0.1) is 17.8 Å². The molecule has 2 saturated carbocycles. The summed E-state index contributed by atoms with van der Waals surface area (Å²) in [4.78, 5) is 35.8. The molecule has 3 amide bonds. The maximum absolute atomic E-state index is 12.1. The lowest BCUT2D eigenvalue weighted by Crippen LogP contribution is -2.54. The molecule has 0 aromatic rings. The zero-order valence-corrected chi connectivity index (χ0v) is 8.94. The lowest BCUT2D eigenvalue weighted by molar-refractivity contribution is -0.146. The molecule has 5 nitrogen and oxygen atoms in total. The fraction of sp³-hybridized carbons (Fsp3) is 0.727. The van der Waals surface area contributed by atoms with Crippen LogP contribution in [-0.4, -0.2) is 35.7 Å². The second kappa shape index (κ2) is 3.30. The lowest BCUT2D eigenvalue weighted by Gasteiger charge is -2.26. The van der Waals surface area contributed by atoms with Crippen molar-refractivity contribution in [3.05, 3.63) is 0 Å². The molecule has 0 aromatic heterocycles. The van der Waals surface area contributed by atoms with Crippen molar-refractivity contribution in [3.8, 4) is 0 Å². The number of fused-ring (bicyclic) bond motifs is 1. The molecule has 1 N–H and O–H groups in total. The number of nitrogens with one attached hydrogen (secondary N) is 1. The van der Waals surface area contributed by atoms with Crippen LogP contribution in [0.25, 0.3) is 0 Å². The number of imide groups is 1. The minimum Gasteiger partial charge on any atom is -0.324 e. The van der Waals surface area contributed by atoms with Crippen LogP contribution in [0.1, 0.15) is 19.3 Å². The summed E-state index contributed by atoms with van der Waals surface area (Å²) in [6.07, 6.45) is 3.49.